The third-order valence-electron chi connectivity index (χ3n) is 3.16. The second kappa shape index (κ2) is 8.51. The molecule has 1 rings (SSSR count). The zero-order valence-electron chi connectivity index (χ0n) is 11.3. The van der Waals surface area contributed by atoms with Gasteiger partial charge in [0.05, 0.1) is 12.6 Å². The lowest BCUT2D eigenvalue weighted by atomic mass is 9.99. The van der Waals surface area contributed by atoms with Crippen LogP contribution in [0.5, 0.6) is 0 Å². The molecule has 0 saturated heterocycles. The number of thiophene rings is 1. The molecule has 2 atom stereocenters. The molecular formula is C13H23ClN2OS. The fraction of sp³-hybridized carbons (Fsp3) is 0.615. The Kier molecular flexibility index (Phi) is 8.24. The topological polar surface area (TPSA) is 46.3 Å². The van der Waals surface area contributed by atoms with Gasteiger partial charge in [0.15, 0.2) is 0 Å². The third kappa shape index (κ3) is 4.59. The van der Waals surface area contributed by atoms with Crippen molar-refractivity contribution in [2.24, 2.45) is 11.7 Å². The van der Waals surface area contributed by atoms with Gasteiger partial charge in [-0.15, -0.1) is 23.7 Å². The van der Waals surface area contributed by atoms with Crippen molar-refractivity contribution >= 4 is 29.7 Å². The Morgan fingerprint density at radius 2 is 2.17 bits per heavy atom. The van der Waals surface area contributed by atoms with Crippen LogP contribution in [0.25, 0.3) is 0 Å². The first-order valence-corrected chi connectivity index (χ1v) is 7.04. The minimum Gasteiger partial charge on any atom is -0.336 e. The average Bonchev–Trinajstić information content (AvgIpc) is 2.85. The molecule has 0 aliphatic heterocycles. The molecule has 2 unspecified atom stereocenters. The second-order valence-corrected chi connectivity index (χ2v) is 5.38. The number of nitrogens with zero attached hydrogens (tertiary/aromatic N) is 1. The van der Waals surface area contributed by atoms with Crippen molar-refractivity contribution in [2.45, 2.75) is 39.8 Å². The van der Waals surface area contributed by atoms with Gasteiger partial charge in [-0.3, -0.25) is 4.79 Å². The number of likely N-dealkylation sites (N-methyl/N-ethyl adjacent to an activating group) is 1. The van der Waals surface area contributed by atoms with Gasteiger partial charge in [0.25, 0.3) is 0 Å². The molecular weight excluding hydrogens is 268 g/mol. The summed E-state index contributed by atoms with van der Waals surface area (Å²) in [7, 11) is 0. The van der Waals surface area contributed by atoms with Crippen LogP contribution >= 0.6 is 23.7 Å². The normalized spacial score (nSPS) is 13.6. The zero-order chi connectivity index (χ0) is 12.8. The van der Waals surface area contributed by atoms with Gasteiger partial charge in [-0.25, -0.2) is 0 Å². The largest absolute Gasteiger partial charge is 0.336 e. The lowest BCUT2D eigenvalue weighted by molar-refractivity contribution is -0.134. The maximum Gasteiger partial charge on any atom is 0.240 e. The molecule has 104 valence electrons. The van der Waals surface area contributed by atoms with Crippen molar-refractivity contribution in [1.29, 1.82) is 0 Å². The molecule has 1 aromatic heterocycles. The van der Waals surface area contributed by atoms with E-state index in [2.05, 4.69) is 13.0 Å². The molecule has 1 heterocycles. The fourth-order valence-electron chi connectivity index (χ4n) is 1.64. The van der Waals surface area contributed by atoms with E-state index in [-0.39, 0.29) is 30.3 Å². The van der Waals surface area contributed by atoms with E-state index in [1.54, 1.807) is 11.3 Å². The quantitative estimate of drug-likeness (QED) is 0.876. The first-order valence-electron chi connectivity index (χ1n) is 6.16. The van der Waals surface area contributed by atoms with E-state index in [4.69, 9.17) is 5.73 Å². The van der Waals surface area contributed by atoms with E-state index in [9.17, 15) is 4.79 Å². The SMILES string of the molecule is CCC(C)C(N)C(=O)N(CC)Cc1cccs1.Cl. The van der Waals surface area contributed by atoms with E-state index in [0.29, 0.717) is 13.1 Å². The van der Waals surface area contributed by atoms with Crippen molar-refractivity contribution in [2.75, 3.05) is 6.54 Å². The first kappa shape index (κ1) is 17.4. The van der Waals surface area contributed by atoms with Gasteiger partial charge in [-0.1, -0.05) is 26.3 Å². The maximum atomic E-state index is 12.2. The van der Waals surface area contributed by atoms with E-state index in [1.165, 1.54) is 4.88 Å². The number of hydrogen-bond acceptors (Lipinski definition) is 3. The van der Waals surface area contributed by atoms with Crippen molar-refractivity contribution < 1.29 is 4.79 Å². The van der Waals surface area contributed by atoms with E-state index in [1.807, 2.05) is 30.2 Å². The molecule has 18 heavy (non-hydrogen) atoms. The van der Waals surface area contributed by atoms with Crippen molar-refractivity contribution in [3.8, 4) is 0 Å². The minimum atomic E-state index is -0.375. The molecule has 3 nitrogen and oxygen atoms in total. The van der Waals surface area contributed by atoms with Gasteiger partial charge in [0, 0.05) is 11.4 Å². The summed E-state index contributed by atoms with van der Waals surface area (Å²) in [6.07, 6.45) is 0.934. The number of carbonyl (C=O) groups is 1. The number of nitrogens with two attached hydrogens (primary N) is 1. The third-order valence-corrected chi connectivity index (χ3v) is 4.02. The van der Waals surface area contributed by atoms with Crippen LogP contribution in [0, 0.1) is 5.92 Å². The predicted octanol–water partition coefficient (Wildman–Crippen LogP) is 2.89. The molecule has 0 aliphatic rings. The van der Waals surface area contributed by atoms with Crippen LogP contribution in [0.3, 0.4) is 0 Å². The molecule has 0 bridgehead atoms. The summed E-state index contributed by atoms with van der Waals surface area (Å²) >= 11 is 1.68. The van der Waals surface area contributed by atoms with Crippen LogP contribution < -0.4 is 5.73 Å². The number of rotatable bonds is 6. The Bertz CT molecular complexity index is 343. The summed E-state index contributed by atoms with van der Waals surface area (Å²) in [4.78, 5) is 15.2. The minimum absolute atomic E-state index is 0. The summed E-state index contributed by atoms with van der Waals surface area (Å²) in [6.45, 7) is 7.47. The molecule has 0 spiro atoms. The fourth-order valence-corrected chi connectivity index (χ4v) is 2.36. The van der Waals surface area contributed by atoms with Gasteiger partial charge in [0.1, 0.15) is 0 Å². The smallest absolute Gasteiger partial charge is 0.240 e. The van der Waals surface area contributed by atoms with Crippen LogP contribution in [-0.2, 0) is 11.3 Å². The molecule has 2 N–H and O–H groups in total. The maximum absolute atomic E-state index is 12.2. The lowest BCUT2D eigenvalue weighted by Gasteiger charge is -2.26. The summed E-state index contributed by atoms with van der Waals surface area (Å²) in [5.41, 5.74) is 5.99. The van der Waals surface area contributed by atoms with E-state index >= 15 is 0 Å². The molecule has 0 aromatic carbocycles. The van der Waals surface area contributed by atoms with Crippen LogP contribution in [0.15, 0.2) is 17.5 Å². The molecule has 0 saturated carbocycles. The van der Waals surface area contributed by atoms with Gasteiger partial charge < -0.3 is 10.6 Å². The number of halogens is 1. The van der Waals surface area contributed by atoms with Gasteiger partial charge in [-0.05, 0) is 24.3 Å². The number of amides is 1. The van der Waals surface area contributed by atoms with Crippen molar-refractivity contribution in [3.63, 3.8) is 0 Å². The monoisotopic (exact) mass is 290 g/mol. The van der Waals surface area contributed by atoms with Crippen LogP contribution in [0.2, 0.25) is 0 Å². The highest BCUT2D eigenvalue weighted by atomic mass is 35.5. The van der Waals surface area contributed by atoms with Crippen LogP contribution in [0.4, 0.5) is 0 Å². The zero-order valence-corrected chi connectivity index (χ0v) is 12.9. The van der Waals surface area contributed by atoms with E-state index < -0.39 is 0 Å². The van der Waals surface area contributed by atoms with Gasteiger partial charge in [-0.2, -0.15) is 0 Å². The average molecular weight is 291 g/mol. The first-order chi connectivity index (χ1) is 8.10. The molecule has 0 aliphatic carbocycles. The summed E-state index contributed by atoms with van der Waals surface area (Å²) in [5.74, 6) is 0.301. The molecule has 0 fully saturated rings. The predicted molar refractivity (Wildman–Crippen MR) is 80.1 cm³/mol. The Morgan fingerprint density at radius 3 is 2.61 bits per heavy atom. The van der Waals surface area contributed by atoms with Gasteiger partial charge in [0.2, 0.25) is 5.91 Å². The lowest BCUT2D eigenvalue weighted by Crippen LogP contribution is -2.46. The number of hydrogen-bond donors (Lipinski definition) is 1. The summed E-state index contributed by atoms with van der Waals surface area (Å²) in [6, 6.07) is 3.68. The number of carbonyl (C=O) groups excluding carboxylic acids is 1. The second-order valence-electron chi connectivity index (χ2n) is 4.34. The van der Waals surface area contributed by atoms with Gasteiger partial charge >= 0.3 is 0 Å². The molecule has 1 amide bonds. The summed E-state index contributed by atoms with van der Waals surface area (Å²) < 4.78 is 0. The van der Waals surface area contributed by atoms with Crippen molar-refractivity contribution in [3.05, 3.63) is 22.4 Å². The highest BCUT2D eigenvalue weighted by Gasteiger charge is 2.24. The Hall–Kier alpha value is -0.580. The van der Waals surface area contributed by atoms with Crippen LogP contribution in [-0.4, -0.2) is 23.4 Å². The van der Waals surface area contributed by atoms with E-state index in [0.717, 1.165) is 6.42 Å². The van der Waals surface area contributed by atoms with Crippen LogP contribution in [0.1, 0.15) is 32.1 Å². The Morgan fingerprint density at radius 1 is 1.50 bits per heavy atom. The van der Waals surface area contributed by atoms with Crippen molar-refractivity contribution in [1.82, 2.24) is 4.90 Å². The molecule has 5 heteroatoms. The highest BCUT2D eigenvalue weighted by Crippen LogP contribution is 2.14. The highest BCUT2D eigenvalue weighted by molar-refractivity contribution is 7.09. The molecule has 1 aromatic rings. The molecule has 0 radical (unpaired) electrons. The standard InChI is InChI=1S/C13H22N2OS.ClH/c1-4-10(3)12(14)13(16)15(5-2)9-11-7-6-8-17-11;/h6-8,10,12H,4-5,9,14H2,1-3H3;1H. The Balaban J connectivity index is 0.00000289. The summed E-state index contributed by atoms with van der Waals surface area (Å²) in [5, 5.41) is 2.03. The Labute approximate surface area is 120 Å².